The fourth-order valence-electron chi connectivity index (χ4n) is 0. The van der Waals surface area contributed by atoms with Gasteiger partial charge in [-0.1, -0.05) is 22.3 Å². The van der Waals surface area contributed by atoms with Crippen LogP contribution in [0.5, 0.6) is 0 Å². The van der Waals surface area contributed by atoms with E-state index in [0.717, 1.165) is 0 Å². The van der Waals surface area contributed by atoms with Crippen molar-refractivity contribution >= 4 is 0 Å². The minimum atomic E-state index is -1.57. The Balaban J connectivity index is -0.000000111. The summed E-state index contributed by atoms with van der Waals surface area (Å²) in [7, 11) is 0. The third-order valence-electron chi connectivity index (χ3n) is 2.76. The van der Waals surface area contributed by atoms with Gasteiger partial charge in [0.2, 0.25) is 0 Å². The summed E-state index contributed by atoms with van der Waals surface area (Å²) in [4.78, 5) is 0. The van der Waals surface area contributed by atoms with E-state index in [2.05, 4.69) is 55.4 Å². The first-order valence-corrected chi connectivity index (χ1v) is 7.76. The fraction of sp³-hybridized carbons (Fsp3) is 0.600. The Bertz CT molecular complexity index is 304. The highest BCUT2D eigenvalue weighted by atomic mass is 19.3. The molecular weight excluding hydrogens is 316 g/mol. The number of hydrogen-bond acceptors (Lipinski definition) is 0. The highest BCUT2D eigenvalue weighted by Crippen LogP contribution is 2.03. The molecule has 0 bridgehead atoms. The number of hydrogen-bond donors (Lipinski definition) is 0. The van der Waals surface area contributed by atoms with E-state index in [1.54, 1.807) is 0 Å². The maximum Gasteiger partial charge on any atom is 0.268 e. The van der Waals surface area contributed by atoms with Crippen molar-refractivity contribution < 1.29 is 17.6 Å². The zero-order valence-electron chi connectivity index (χ0n) is 17.5. The van der Waals surface area contributed by atoms with Crippen molar-refractivity contribution in [2.45, 2.75) is 83.1 Å². The third kappa shape index (κ3) is 37.2. The van der Waals surface area contributed by atoms with Crippen molar-refractivity contribution in [3.05, 3.63) is 45.6 Å². The lowest BCUT2D eigenvalue weighted by molar-refractivity contribution is 0.411. The van der Waals surface area contributed by atoms with E-state index in [4.69, 9.17) is 0 Å². The summed E-state index contributed by atoms with van der Waals surface area (Å²) in [5.41, 5.74) is 5.89. The van der Waals surface area contributed by atoms with Gasteiger partial charge >= 0.3 is 0 Å². The monoisotopic (exact) mass is 352 g/mol. The molecule has 0 N–H and O–H groups in total. The Kier molecular flexibility index (Phi) is 22.9. The molecule has 0 aliphatic heterocycles. The van der Waals surface area contributed by atoms with Gasteiger partial charge in [0.05, 0.1) is 0 Å². The van der Waals surface area contributed by atoms with Gasteiger partial charge in [0.25, 0.3) is 12.2 Å². The zero-order valence-corrected chi connectivity index (χ0v) is 17.5. The average molecular weight is 353 g/mol. The van der Waals surface area contributed by atoms with Crippen molar-refractivity contribution in [2.24, 2.45) is 0 Å². The first-order chi connectivity index (χ1) is 10.6. The quantitative estimate of drug-likeness (QED) is 0.301. The molecule has 0 aromatic rings. The molecule has 0 heterocycles. The fourth-order valence-corrected chi connectivity index (χ4v) is 0. The molecule has 24 heavy (non-hydrogen) atoms. The summed E-state index contributed by atoms with van der Waals surface area (Å²) in [6.07, 6.45) is -3.15. The second kappa shape index (κ2) is 18.0. The SMILES string of the molecule is CC(C)=C(C)C.CC(C)=C(C)C.CC(C)=C(F)F.CC(C)=C(F)F. The van der Waals surface area contributed by atoms with Crippen LogP contribution in [0.25, 0.3) is 0 Å². The summed E-state index contributed by atoms with van der Waals surface area (Å²) in [6.45, 7) is 22.4. The topological polar surface area (TPSA) is 0 Å². The van der Waals surface area contributed by atoms with Crippen LogP contribution in [0.2, 0.25) is 0 Å². The summed E-state index contributed by atoms with van der Waals surface area (Å²) in [6, 6.07) is 0. The van der Waals surface area contributed by atoms with Gasteiger partial charge in [-0.15, -0.1) is 0 Å². The predicted octanol–water partition coefficient (Wildman–Crippen LogP) is 9.08. The molecular formula is C20H36F4. The highest BCUT2D eigenvalue weighted by Gasteiger charge is 1.87. The molecule has 0 spiro atoms. The molecule has 0 aromatic heterocycles. The van der Waals surface area contributed by atoms with Gasteiger partial charge in [0.1, 0.15) is 0 Å². The van der Waals surface area contributed by atoms with E-state index in [1.165, 1.54) is 50.0 Å². The third-order valence-corrected chi connectivity index (χ3v) is 2.76. The Morgan fingerprint density at radius 3 is 0.375 bits per heavy atom. The zero-order chi connectivity index (χ0) is 20.6. The van der Waals surface area contributed by atoms with Gasteiger partial charge < -0.3 is 0 Å². The molecule has 0 aromatic carbocycles. The second-order valence-electron chi connectivity index (χ2n) is 6.52. The van der Waals surface area contributed by atoms with Crippen LogP contribution < -0.4 is 0 Å². The van der Waals surface area contributed by atoms with E-state index < -0.39 is 12.2 Å². The number of allylic oxidation sites excluding steroid dienone is 6. The average Bonchev–Trinajstić information content (AvgIpc) is 2.40. The Labute approximate surface area is 147 Å². The molecule has 0 radical (unpaired) electrons. The Morgan fingerprint density at radius 1 is 0.292 bits per heavy atom. The second-order valence-corrected chi connectivity index (χ2v) is 6.52. The highest BCUT2D eigenvalue weighted by molar-refractivity contribution is 5.02. The molecule has 0 amide bonds. The summed E-state index contributed by atoms with van der Waals surface area (Å²) in [5, 5.41) is 0. The maximum absolute atomic E-state index is 11.0. The lowest BCUT2D eigenvalue weighted by atomic mass is 10.2. The summed E-state index contributed by atoms with van der Waals surface area (Å²) >= 11 is 0. The molecule has 0 aliphatic carbocycles. The molecule has 0 rings (SSSR count). The first kappa shape index (κ1) is 30.5. The van der Waals surface area contributed by atoms with E-state index in [0.29, 0.717) is 0 Å². The van der Waals surface area contributed by atoms with E-state index >= 15 is 0 Å². The van der Waals surface area contributed by atoms with Gasteiger partial charge in [-0.3, -0.25) is 0 Å². The van der Waals surface area contributed by atoms with Crippen LogP contribution in [-0.4, -0.2) is 0 Å². The molecule has 0 saturated carbocycles. The minimum Gasteiger partial charge on any atom is -0.173 e. The summed E-state index contributed by atoms with van der Waals surface area (Å²) < 4.78 is 44.1. The lowest BCUT2D eigenvalue weighted by Gasteiger charge is -1.88. The summed E-state index contributed by atoms with van der Waals surface area (Å²) in [5.74, 6) is 0. The normalized spacial score (nSPS) is 8.00. The molecule has 0 atom stereocenters. The Hall–Kier alpha value is -1.32. The van der Waals surface area contributed by atoms with E-state index in [9.17, 15) is 17.6 Å². The lowest BCUT2D eigenvalue weighted by Crippen LogP contribution is -1.66. The number of halogens is 4. The van der Waals surface area contributed by atoms with Gasteiger partial charge in [-0.2, -0.15) is 17.6 Å². The standard InChI is InChI=1S/2C6H12.2C4H6F2/c2*1-5(2)6(3)4;2*1-3(2)4(5)6/h2*1-4H3;2*1-2H3. The van der Waals surface area contributed by atoms with Crippen LogP contribution in [0.4, 0.5) is 17.6 Å². The van der Waals surface area contributed by atoms with Gasteiger partial charge in [-0.05, 0) is 94.2 Å². The van der Waals surface area contributed by atoms with Crippen LogP contribution in [-0.2, 0) is 0 Å². The first-order valence-electron chi connectivity index (χ1n) is 7.76. The molecule has 144 valence electrons. The van der Waals surface area contributed by atoms with Crippen molar-refractivity contribution in [1.82, 2.24) is 0 Å². The maximum atomic E-state index is 11.0. The van der Waals surface area contributed by atoms with Crippen molar-refractivity contribution in [1.29, 1.82) is 0 Å². The van der Waals surface area contributed by atoms with Crippen LogP contribution >= 0.6 is 0 Å². The molecule has 0 unspecified atom stereocenters. The minimum absolute atomic E-state index is 0.0926. The van der Waals surface area contributed by atoms with Crippen LogP contribution in [0.1, 0.15) is 83.1 Å². The smallest absolute Gasteiger partial charge is 0.173 e. The van der Waals surface area contributed by atoms with Gasteiger partial charge in [-0.25, -0.2) is 0 Å². The molecule has 0 saturated heterocycles. The van der Waals surface area contributed by atoms with Crippen molar-refractivity contribution in [3.8, 4) is 0 Å². The molecule has 0 nitrogen and oxygen atoms in total. The van der Waals surface area contributed by atoms with Crippen LogP contribution in [0.15, 0.2) is 45.6 Å². The largest absolute Gasteiger partial charge is 0.268 e. The van der Waals surface area contributed by atoms with Crippen molar-refractivity contribution in [2.75, 3.05) is 0 Å². The van der Waals surface area contributed by atoms with Crippen LogP contribution in [0, 0.1) is 0 Å². The Morgan fingerprint density at radius 2 is 0.375 bits per heavy atom. The van der Waals surface area contributed by atoms with Gasteiger partial charge in [0, 0.05) is 0 Å². The van der Waals surface area contributed by atoms with E-state index in [-0.39, 0.29) is 11.1 Å². The van der Waals surface area contributed by atoms with Gasteiger partial charge in [0.15, 0.2) is 0 Å². The molecule has 0 aliphatic rings. The van der Waals surface area contributed by atoms with Crippen LogP contribution in [0.3, 0.4) is 0 Å². The van der Waals surface area contributed by atoms with Crippen molar-refractivity contribution in [3.63, 3.8) is 0 Å². The predicted molar refractivity (Wildman–Crippen MR) is 101 cm³/mol. The van der Waals surface area contributed by atoms with E-state index in [1.807, 2.05) is 0 Å². The number of rotatable bonds is 0. The molecule has 4 heteroatoms. The molecule has 0 fully saturated rings.